The lowest BCUT2D eigenvalue weighted by atomic mass is 10.3. The highest BCUT2D eigenvalue weighted by Gasteiger charge is 1.97. The number of nitrogens with two attached hydrogens (primary N) is 2. The number of rotatable bonds is 4. The molecule has 0 amide bonds. The van der Waals surface area contributed by atoms with E-state index >= 15 is 0 Å². The van der Waals surface area contributed by atoms with Crippen molar-refractivity contribution in [1.82, 2.24) is 10.9 Å². The molecule has 0 aliphatic carbocycles. The van der Waals surface area contributed by atoms with Crippen LogP contribution in [0.1, 0.15) is 19.8 Å². The Labute approximate surface area is 49.6 Å². The zero-order valence-corrected chi connectivity index (χ0v) is 5.15. The molecule has 0 bridgehead atoms. The standard InChI is InChI=1S/C4H14N4/c1-2-3-4(7-5)8-6/h4,7-8H,2-3,5-6H2,1H3. The molecule has 0 atom stereocenters. The second kappa shape index (κ2) is 4.99. The molecule has 0 heterocycles. The third kappa shape index (κ3) is 2.92. The largest absolute Gasteiger partial charge is 0.270 e. The predicted molar refractivity (Wildman–Crippen MR) is 33.3 cm³/mol. The Morgan fingerprint density at radius 2 is 1.88 bits per heavy atom. The van der Waals surface area contributed by atoms with Gasteiger partial charge in [-0.05, 0) is 6.42 Å². The first-order valence-electron chi connectivity index (χ1n) is 2.77. The van der Waals surface area contributed by atoms with Gasteiger partial charge in [0.25, 0.3) is 0 Å². The molecule has 0 rings (SSSR count). The van der Waals surface area contributed by atoms with Crippen LogP contribution in [0.3, 0.4) is 0 Å². The predicted octanol–water partition coefficient (Wildman–Crippen LogP) is -0.961. The summed E-state index contributed by atoms with van der Waals surface area (Å²) in [6, 6.07) is 0. The molecular formula is C4H14N4. The van der Waals surface area contributed by atoms with Gasteiger partial charge >= 0.3 is 0 Å². The van der Waals surface area contributed by atoms with Crippen LogP contribution in [0.2, 0.25) is 0 Å². The number of nitrogens with one attached hydrogen (secondary N) is 2. The van der Waals surface area contributed by atoms with Gasteiger partial charge in [0, 0.05) is 0 Å². The van der Waals surface area contributed by atoms with Crippen LogP contribution in [-0.2, 0) is 0 Å². The zero-order chi connectivity index (χ0) is 6.41. The lowest BCUT2D eigenvalue weighted by molar-refractivity contribution is 0.413. The minimum Gasteiger partial charge on any atom is -0.270 e. The summed E-state index contributed by atoms with van der Waals surface area (Å²) >= 11 is 0. The minimum atomic E-state index is 0.0556. The molecule has 0 fully saturated rings. The fourth-order valence-corrected chi connectivity index (χ4v) is 0.503. The molecule has 6 N–H and O–H groups in total. The summed E-state index contributed by atoms with van der Waals surface area (Å²) in [5.41, 5.74) is 5.03. The van der Waals surface area contributed by atoms with Gasteiger partial charge in [0.05, 0.1) is 6.17 Å². The molecule has 4 heteroatoms. The van der Waals surface area contributed by atoms with E-state index in [2.05, 4.69) is 17.8 Å². The van der Waals surface area contributed by atoms with E-state index in [-0.39, 0.29) is 6.17 Å². The van der Waals surface area contributed by atoms with Gasteiger partial charge in [0.2, 0.25) is 0 Å². The summed E-state index contributed by atoms with van der Waals surface area (Å²) in [5, 5.41) is 0. The van der Waals surface area contributed by atoms with Crippen molar-refractivity contribution in [2.24, 2.45) is 11.7 Å². The van der Waals surface area contributed by atoms with Gasteiger partial charge in [0.1, 0.15) is 0 Å². The topological polar surface area (TPSA) is 76.1 Å². The van der Waals surface area contributed by atoms with Crippen LogP contribution >= 0.6 is 0 Å². The quantitative estimate of drug-likeness (QED) is 0.218. The van der Waals surface area contributed by atoms with E-state index in [1.54, 1.807) is 0 Å². The van der Waals surface area contributed by atoms with Gasteiger partial charge in [-0.1, -0.05) is 13.3 Å². The molecule has 0 unspecified atom stereocenters. The van der Waals surface area contributed by atoms with Gasteiger partial charge in [-0.15, -0.1) is 0 Å². The first-order chi connectivity index (χ1) is 3.85. The summed E-state index contributed by atoms with van der Waals surface area (Å²) in [6.07, 6.45) is 2.08. The highest BCUT2D eigenvalue weighted by Crippen LogP contribution is 1.87. The lowest BCUT2D eigenvalue weighted by Gasteiger charge is -2.11. The Morgan fingerprint density at radius 1 is 1.38 bits per heavy atom. The maximum Gasteiger partial charge on any atom is 0.0826 e. The Balaban J connectivity index is 3.07. The molecule has 0 aliphatic rings. The molecule has 0 radical (unpaired) electrons. The number of hydrogen-bond acceptors (Lipinski definition) is 4. The monoisotopic (exact) mass is 118 g/mol. The summed E-state index contributed by atoms with van der Waals surface area (Å²) in [7, 11) is 0. The number of hydrazine groups is 2. The van der Waals surface area contributed by atoms with E-state index in [9.17, 15) is 0 Å². The first-order valence-corrected chi connectivity index (χ1v) is 2.77. The summed E-state index contributed by atoms with van der Waals surface area (Å²) < 4.78 is 0. The maximum atomic E-state index is 5.08. The fourth-order valence-electron chi connectivity index (χ4n) is 0.503. The van der Waals surface area contributed by atoms with Crippen LogP contribution in [0.15, 0.2) is 0 Å². The number of hydrogen-bond donors (Lipinski definition) is 4. The molecule has 0 aromatic rings. The van der Waals surface area contributed by atoms with Crippen molar-refractivity contribution in [3.63, 3.8) is 0 Å². The third-order valence-corrected chi connectivity index (χ3v) is 0.980. The van der Waals surface area contributed by atoms with Gasteiger partial charge in [0.15, 0.2) is 0 Å². The molecule has 0 spiro atoms. The van der Waals surface area contributed by atoms with Crippen LogP contribution < -0.4 is 22.5 Å². The van der Waals surface area contributed by atoms with E-state index < -0.39 is 0 Å². The fraction of sp³-hybridized carbons (Fsp3) is 1.00. The third-order valence-electron chi connectivity index (χ3n) is 0.980. The van der Waals surface area contributed by atoms with Crippen LogP contribution in [0.4, 0.5) is 0 Å². The van der Waals surface area contributed by atoms with Crippen LogP contribution in [0.5, 0.6) is 0 Å². The average Bonchev–Trinajstić information content (AvgIpc) is 1.83. The molecule has 0 saturated carbocycles. The van der Waals surface area contributed by atoms with E-state index in [4.69, 9.17) is 11.7 Å². The Bertz CT molecular complexity index is 43.3. The van der Waals surface area contributed by atoms with Gasteiger partial charge in [-0.3, -0.25) is 11.7 Å². The van der Waals surface area contributed by atoms with Crippen molar-refractivity contribution in [2.45, 2.75) is 25.9 Å². The zero-order valence-electron chi connectivity index (χ0n) is 5.15. The van der Waals surface area contributed by atoms with E-state index in [1.807, 2.05) is 0 Å². The molecule has 0 aromatic carbocycles. The van der Waals surface area contributed by atoms with Crippen molar-refractivity contribution >= 4 is 0 Å². The van der Waals surface area contributed by atoms with E-state index in [1.165, 1.54) is 0 Å². The molecule has 0 aromatic heterocycles. The van der Waals surface area contributed by atoms with Crippen molar-refractivity contribution in [3.8, 4) is 0 Å². The molecule has 50 valence electrons. The van der Waals surface area contributed by atoms with Crippen LogP contribution in [0.25, 0.3) is 0 Å². The van der Waals surface area contributed by atoms with Gasteiger partial charge < -0.3 is 0 Å². The molecule has 8 heavy (non-hydrogen) atoms. The Morgan fingerprint density at radius 3 is 2.00 bits per heavy atom. The molecule has 0 aliphatic heterocycles. The molecule has 4 nitrogen and oxygen atoms in total. The SMILES string of the molecule is CCCC(NN)NN. The summed E-state index contributed by atoms with van der Waals surface area (Å²) in [5.74, 6) is 10.2. The van der Waals surface area contributed by atoms with Gasteiger partial charge in [-0.2, -0.15) is 0 Å². The summed E-state index contributed by atoms with van der Waals surface area (Å²) in [6.45, 7) is 2.07. The Kier molecular flexibility index (Phi) is 4.89. The Hall–Kier alpha value is -0.160. The highest BCUT2D eigenvalue weighted by atomic mass is 15.4. The van der Waals surface area contributed by atoms with Crippen molar-refractivity contribution in [3.05, 3.63) is 0 Å². The van der Waals surface area contributed by atoms with Crippen molar-refractivity contribution < 1.29 is 0 Å². The second-order valence-corrected chi connectivity index (χ2v) is 1.67. The lowest BCUT2D eigenvalue weighted by Crippen LogP contribution is -2.49. The van der Waals surface area contributed by atoms with Crippen LogP contribution in [0, 0.1) is 0 Å². The highest BCUT2D eigenvalue weighted by molar-refractivity contribution is 4.52. The van der Waals surface area contributed by atoms with E-state index in [0.717, 1.165) is 12.8 Å². The molecular weight excluding hydrogens is 104 g/mol. The first kappa shape index (κ1) is 7.84. The summed E-state index contributed by atoms with van der Waals surface area (Å²) in [4.78, 5) is 0. The van der Waals surface area contributed by atoms with Crippen LogP contribution in [-0.4, -0.2) is 6.17 Å². The molecule has 0 saturated heterocycles. The maximum absolute atomic E-state index is 5.08. The van der Waals surface area contributed by atoms with E-state index in [0.29, 0.717) is 0 Å². The smallest absolute Gasteiger partial charge is 0.0826 e. The minimum absolute atomic E-state index is 0.0556. The second-order valence-electron chi connectivity index (χ2n) is 1.67. The van der Waals surface area contributed by atoms with Crippen molar-refractivity contribution in [1.29, 1.82) is 0 Å². The van der Waals surface area contributed by atoms with Gasteiger partial charge in [-0.25, -0.2) is 10.9 Å². The average molecular weight is 118 g/mol. The van der Waals surface area contributed by atoms with Crippen molar-refractivity contribution in [2.75, 3.05) is 0 Å². The normalized spacial score (nSPS) is 10.5.